The molecule has 37 heavy (non-hydrogen) atoms. The highest BCUT2D eigenvalue weighted by Gasteiger charge is 2.74. The van der Waals surface area contributed by atoms with Crippen molar-refractivity contribution in [3.8, 4) is 0 Å². The largest absolute Gasteiger partial charge is 0.459 e. The fourth-order valence-electron chi connectivity index (χ4n) is 5.60. The molecule has 0 amide bonds. The predicted octanol–water partition coefficient (Wildman–Crippen LogP) is 2.29. The highest BCUT2D eigenvalue weighted by molar-refractivity contribution is 5.88. The molecular weight excluding hydrogens is 484 g/mol. The number of hydrogen-bond donors (Lipinski definition) is 2. The van der Waals surface area contributed by atoms with Crippen LogP contribution in [0.15, 0.2) is 22.8 Å². The lowest BCUT2D eigenvalue weighted by Crippen LogP contribution is -2.64. The molecule has 0 aromatic rings. The molecule has 1 saturated heterocycles. The summed E-state index contributed by atoms with van der Waals surface area (Å²) in [6, 6.07) is 0. The highest BCUT2D eigenvalue weighted by Crippen LogP contribution is 2.56. The first kappa shape index (κ1) is 28.8. The van der Waals surface area contributed by atoms with E-state index < -0.39 is 70.8 Å². The molecule has 10 nitrogen and oxygen atoms in total. The fraction of sp³-hybridized carbons (Fsp3) is 0.704. The third kappa shape index (κ3) is 4.58. The first-order chi connectivity index (χ1) is 17.0. The summed E-state index contributed by atoms with van der Waals surface area (Å²) in [4.78, 5) is 50.5. The van der Waals surface area contributed by atoms with Crippen LogP contribution in [0.1, 0.15) is 74.7 Å². The van der Waals surface area contributed by atoms with E-state index in [-0.39, 0.29) is 12.8 Å². The number of ether oxygens (including phenoxy) is 4. The van der Waals surface area contributed by atoms with Crippen molar-refractivity contribution in [3.05, 3.63) is 22.8 Å². The molecule has 10 heteroatoms. The Morgan fingerprint density at radius 3 is 2.35 bits per heavy atom. The van der Waals surface area contributed by atoms with Gasteiger partial charge in [-0.2, -0.15) is 0 Å². The average Bonchev–Trinajstić information content (AvgIpc) is 3.20. The van der Waals surface area contributed by atoms with Crippen LogP contribution in [-0.2, 0) is 38.1 Å². The Hall–Kier alpha value is -2.72. The lowest BCUT2D eigenvalue weighted by molar-refractivity contribution is -0.212. The van der Waals surface area contributed by atoms with E-state index in [1.807, 2.05) is 0 Å². The van der Waals surface area contributed by atoms with Gasteiger partial charge in [0.25, 0.3) is 0 Å². The van der Waals surface area contributed by atoms with Crippen molar-refractivity contribution in [2.75, 3.05) is 0 Å². The molecular formula is C27H38O10. The molecule has 1 unspecified atom stereocenters. The normalized spacial score (nSPS) is 38.2. The fourth-order valence-corrected chi connectivity index (χ4v) is 5.60. The van der Waals surface area contributed by atoms with Crippen molar-refractivity contribution >= 4 is 23.9 Å². The summed E-state index contributed by atoms with van der Waals surface area (Å²) in [6.45, 7) is 12.4. The summed E-state index contributed by atoms with van der Waals surface area (Å²) >= 11 is 0. The van der Waals surface area contributed by atoms with Gasteiger partial charge in [0.15, 0.2) is 17.3 Å². The van der Waals surface area contributed by atoms with E-state index in [9.17, 15) is 29.4 Å². The zero-order valence-corrected chi connectivity index (χ0v) is 22.7. The minimum atomic E-state index is -2.45. The molecule has 1 heterocycles. The minimum absolute atomic E-state index is 0.173. The second kappa shape index (κ2) is 9.87. The Bertz CT molecular complexity index is 1060. The van der Waals surface area contributed by atoms with E-state index in [4.69, 9.17) is 18.9 Å². The quantitative estimate of drug-likeness (QED) is 0.231. The Labute approximate surface area is 217 Å². The van der Waals surface area contributed by atoms with Crippen molar-refractivity contribution in [2.45, 2.75) is 110 Å². The Morgan fingerprint density at radius 2 is 1.81 bits per heavy atom. The van der Waals surface area contributed by atoms with E-state index in [2.05, 4.69) is 0 Å². The third-order valence-corrected chi connectivity index (χ3v) is 8.32. The van der Waals surface area contributed by atoms with Gasteiger partial charge in [-0.05, 0) is 58.6 Å². The van der Waals surface area contributed by atoms with Crippen LogP contribution in [0.4, 0.5) is 0 Å². The van der Waals surface area contributed by atoms with Gasteiger partial charge >= 0.3 is 23.9 Å². The van der Waals surface area contributed by atoms with Gasteiger partial charge in [-0.15, -0.1) is 0 Å². The molecule has 1 aliphatic heterocycles. The number of aliphatic hydroxyl groups is 2. The number of carbonyl (C=O) groups excluding carboxylic acids is 4. The zero-order chi connectivity index (χ0) is 28.1. The van der Waals surface area contributed by atoms with Crippen molar-refractivity contribution in [2.24, 2.45) is 11.8 Å². The summed E-state index contributed by atoms with van der Waals surface area (Å²) in [6.07, 6.45) is -1.63. The maximum absolute atomic E-state index is 12.9. The smallest absolute Gasteiger partial charge is 0.341 e. The second-order valence-electron chi connectivity index (χ2n) is 10.8. The van der Waals surface area contributed by atoms with Crippen LogP contribution >= 0.6 is 0 Å². The van der Waals surface area contributed by atoms with Gasteiger partial charge in [0.05, 0.1) is 5.92 Å². The molecule has 0 radical (unpaired) electrons. The van der Waals surface area contributed by atoms with Gasteiger partial charge in [0.1, 0.15) is 17.8 Å². The van der Waals surface area contributed by atoms with Crippen LogP contribution < -0.4 is 0 Å². The summed E-state index contributed by atoms with van der Waals surface area (Å²) in [5.74, 6) is -4.06. The number of fused-ring (bicyclic) bond motifs is 3. The van der Waals surface area contributed by atoms with Crippen LogP contribution in [0.25, 0.3) is 0 Å². The topological polar surface area (TPSA) is 146 Å². The SMILES string of the molecule is C/C=C(/C)C(=O)O[C@@H]1C[C@H]2C(=C1C)[C@@H]1OC(=O)[C@@](C)(O)[C@@]1(O)[C@@H](OC(=O)C(C)CC)C[C@]2(C)OC(C)=O. The lowest BCUT2D eigenvalue weighted by Gasteiger charge is -2.41. The van der Waals surface area contributed by atoms with Gasteiger partial charge in [-0.3, -0.25) is 9.59 Å². The molecule has 1 saturated carbocycles. The number of esters is 4. The van der Waals surface area contributed by atoms with Crippen molar-refractivity contribution in [1.82, 2.24) is 0 Å². The standard InChI is InChI=1S/C27H38O10/c1-9-13(3)22(29)34-18-11-17-20(15(18)5)21-27(33,26(8,32)24(31)36-21)19(35-23(30)14(4)10-2)12-25(17,7)37-16(6)28/h9,14,17-19,21,32-33H,10-12H2,1-8H3/b13-9-/t14?,17-,18+,19-,21-,25-,26+,27+/m0/s1. The van der Waals surface area contributed by atoms with Crippen LogP contribution in [0.2, 0.25) is 0 Å². The van der Waals surface area contributed by atoms with Gasteiger partial charge < -0.3 is 29.2 Å². The third-order valence-electron chi connectivity index (χ3n) is 8.32. The Balaban J connectivity index is 2.21. The summed E-state index contributed by atoms with van der Waals surface area (Å²) in [5.41, 5.74) is -4.94. The monoisotopic (exact) mass is 522 g/mol. The van der Waals surface area contributed by atoms with Crippen molar-refractivity contribution in [1.29, 1.82) is 0 Å². The number of carbonyl (C=O) groups is 4. The van der Waals surface area contributed by atoms with Crippen molar-refractivity contribution in [3.63, 3.8) is 0 Å². The molecule has 2 aliphatic carbocycles. The van der Waals surface area contributed by atoms with Gasteiger partial charge in [0.2, 0.25) is 0 Å². The Kier molecular flexibility index (Phi) is 7.69. The second-order valence-corrected chi connectivity index (χ2v) is 10.8. The first-order valence-electron chi connectivity index (χ1n) is 12.6. The molecule has 2 fully saturated rings. The summed E-state index contributed by atoms with van der Waals surface area (Å²) in [7, 11) is 0. The number of allylic oxidation sites excluding steroid dienone is 1. The van der Waals surface area contributed by atoms with Gasteiger partial charge in [-0.1, -0.05) is 19.9 Å². The molecule has 0 spiro atoms. The minimum Gasteiger partial charge on any atom is -0.459 e. The predicted molar refractivity (Wildman–Crippen MR) is 130 cm³/mol. The molecule has 3 aliphatic rings. The summed E-state index contributed by atoms with van der Waals surface area (Å²) < 4.78 is 22.9. The molecule has 3 rings (SSSR count). The van der Waals surface area contributed by atoms with E-state index in [0.717, 1.165) is 6.92 Å². The van der Waals surface area contributed by atoms with Crippen LogP contribution in [0, 0.1) is 11.8 Å². The van der Waals surface area contributed by atoms with Gasteiger partial charge in [0, 0.05) is 24.8 Å². The first-order valence-corrected chi connectivity index (χ1v) is 12.6. The maximum Gasteiger partial charge on any atom is 0.341 e. The van der Waals surface area contributed by atoms with Crippen LogP contribution in [0.3, 0.4) is 0 Å². The maximum atomic E-state index is 12.9. The van der Waals surface area contributed by atoms with E-state index >= 15 is 0 Å². The van der Waals surface area contributed by atoms with Crippen LogP contribution in [0.5, 0.6) is 0 Å². The molecule has 0 bridgehead atoms. The van der Waals surface area contributed by atoms with E-state index in [1.165, 1.54) is 6.92 Å². The number of rotatable bonds is 6. The lowest BCUT2D eigenvalue weighted by atomic mass is 9.75. The zero-order valence-electron chi connectivity index (χ0n) is 22.7. The average molecular weight is 523 g/mol. The summed E-state index contributed by atoms with van der Waals surface area (Å²) in [5, 5.41) is 23.4. The van der Waals surface area contributed by atoms with Crippen LogP contribution in [-0.4, -0.2) is 69.2 Å². The highest BCUT2D eigenvalue weighted by atomic mass is 16.6. The molecule has 0 aromatic carbocycles. The molecule has 206 valence electrons. The van der Waals surface area contributed by atoms with Gasteiger partial charge in [-0.25, -0.2) is 9.59 Å². The van der Waals surface area contributed by atoms with E-state index in [0.29, 0.717) is 23.1 Å². The molecule has 8 atom stereocenters. The molecule has 2 N–H and O–H groups in total. The van der Waals surface area contributed by atoms with Crippen molar-refractivity contribution < 1.29 is 48.3 Å². The Morgan fingerprint density at radius 1 is 1.19 bits per heavy atom. The number of hydrogen-bond acceptors (Lipinski definition) is 10. The van der Waals surface area contributed by atoms with E-state index in [1.54, 1.807) is 47.6 Å². The molecule has 0 aromatic heterocycles.